The summed E-state index contributed by atoms with van der Waals surface area (Å²) in [6, 6.07) is 0. The quantitative estimate of drug-likeness (QED) is 0.355. The third-order valence-corrected chi connectivity index (χ3v) is 3.18. The second-order valence-electron chi connectivity index (χ2n) is 4.31. The molecule has 0 aromatic carbocycles. The number of rotatable bonds is 2. The molecule has 2 aromatic rings. The van der Waals surface area contributed by atoms with Gasteiger partial charge in [0.1, 0.15) is 30.2 Å². The molecule has 1 fully saturated rings. The Bertz CT molecular complexity index is 608. The number of nitrogen functional groups attached to an aromatic ring is 1. The smallest absolute Gasteiger partial charge is 0.167 e. The summed E-state index contributed by atoms with van der Waals surface area (Å²) in [5.41, 5.74) is 6.44. The number of fused-ring (bicyclic) bond motifs is 1. The monoisotopic (exact) mass is 475 g/mol. The number of nitrogens with zero attached hydrogens (tertiary/aromatic N) is 4. The topological polar surface area (TPSA) is 140 Å². The molecule has 0 saturated carbocycles. The maximum absolute atomic E-state index is 9.95. The fourth-order valence-corrected chi connectivity index (χ4v) is 2.17. The number of aromatic nitrogens is 4. The van der Waals surface area contributed by atoms with Crippen molar-refractivity contribution in [3.8, 4) is 0 Å². The minimum Gasteiger partial charge on any atom is -0.394 e. The van der Waals surface area contributed by atoms with Gasteiger partial charge in [-0.2, -0.15) is 0 Å². The molecule has 0 unspecified atom stereocenters. The van der Waals surface area contributed by atoms with Gasteiger partial charge in [-0.3, -0.25) is 4.57 Å². The van der Waals surface area contributed by atoms with Crippen molar-refractivity contribution >= 4 is 44.3 Å². The normalized spacial score (nSPS) is 29.6. The summed E-state index contributed by atoms with van der Waals surface area (Å²) >= 11 is 0. The van der Waals surface area contributed by atoms with Crippen LogP contribution in [-0.4, -0.2) is 87.1 Å². The maximum Gasteiger partial charge on any atom is 0.167 e. The van der Waals surface area contributed by atoms with E-state index in [4.69, 9.17) is 15.6 Å². The molecule has 3 heterocycles. The van der Waals surface area contributed by atoms with Crippen LogP contribution in [0.5, 0.6) is 0 Å². The third-order valence-electron chi connectivity index (χ3n) is 3.18. The van der Waals surface area contributed by atoms with Crippen molar-refractivity contribution < 1.29 is 20.1 Å². The van der Waals surface area contributed by atoms with Crippen LogP contribution in [0, 0.1) is 0 Å². The second-order valence-corrected chi connectivity index (χ2v) is 4.31. The molecule has 5 N–H and O–H groups in total. The Kier molecular flexibility index (Phi) is 4.53. The number of imidazole rings is 1. The molecule has 1 saturated heterocycles. The van der Waals surface area contributed by atoms with E-state index >= 15 is 0 Å². The SMILES string of the molecule is Nc1ncnc2c1ncn2[C@@H]1O[C@H](CO)[C@@H](O)[C@H]1O.[Pb]. The maximum atomic E-state index is 9.95. The zero-order valence-corrected chi connectivity index (χ0v) is 14.2. The molecule has 20 heavy (non-hydrogen) atoms. The van der Waals surface area contributed by atoms with Crippen molar-refractivity contribution in [3.05, 3.63) is 12.7 Å². The Labute approximate surface area is 133 Å². The van der Waals surface area contributed by atoms with Gasteiger partial charge in [0.05, 0.1) is 12.9 Å². The Morgan fingerprint density at radius 2 is 2.00 bits per heavy atom. The Balaban J connectivity index is 0.00000147. The largest absolute Gasteiger partial charge is 0.394 e. The molecule has 3 rings (SSSR count). The summed E-state index contributed by atoms with van der Waals surface area (Å²) in [4.78, 5) is 11.9. The Hall–Kier alpha value is -0.888. The van der Waals surface area contributed by atoms with Crippen LogP contribution in [0.1, 0.15) is 6.23 Å². The van der Waals surface area contributed by atoms with Crippen LogP contribution in [0.25, 0.3) is 11.2 Å². The van der Waals surface area contributed by atoms with Crippen molar-refractivity contribution in [2.24, 2.45) is 0 Å². The molecule has 0 aliphatic carbocycles. The van der Waals surface area contributed by atoms with E-state index in [-0.39, 0.29) is 33.1 Å². The van der Waals surface area contributed by atoms with E-state index in [1.54, 1.807) is 0 Å². The molecule has 4 atom stereocenters. The van der Waals surface area contributed by atoms with Crippen LogP contribution in [0.15, 0.2) is 12.7 Å². The van der Waals surface area contributed by atoms with Crippen LogP contribution in [0.3, 0.4) is 0 Å². The van der Waals surface area contributed by atoms with Crippen molar-refractivity contribution in [2.75, 3.05) is 12.3 Å². The number of nitrogens with two attached hydrogens (primary N) is 1. The van der Waals surface area contributed by atoms with Crippen LogP contribution < -0.4 is 5.73 Å². The summed E-state index contributed by atoms with van der Waals surface area (Å²) in [5, 5.41) is 28.7. The first kappa shape index (κ1) is 15.5. The van der Waals surface area contributed by atoms with E-state index in [1.165, 1.54) is 17.2 Å². The fraction of sp³-hybridized carbons (Fsp3) is 0.500. The predicted molar refractivity (Wildman–Crippen MR) is 68.5 cm³/mol. The standard InChI is InChI=1S/C10H13N5O4.Pb/c11-8-5-9(13-2-12-8)15(3-14-5)10-7(18)6(17)4(1-16)19-10;/h2-4,6-7,10,16-18H,1H2,(H2,11,12,13);/t4-,6-,7-,10-;/m1./s1. The van der Waals surface area contributed by atoms with Gasteiger partial charge in [0.15, 0.2) is 17.7 Å². The number of hydrogen-bond acceptors (Lipinski definition) is 8. The van der Waals surface area contributed by atoms with E-state index in [0.717, 1.165) is 0 Å². The molecule has 0 amide bonds. The van der Waals surface area contributed by atoms with Gasteiger partial charge in [-0.25, -0.2) is 15.0 Å². The zero-order chi connectivity index (χ0) is 13.6. The minimum absolute atomic E-state index is 0. The van der Waals surface area contributed by atoms with Gasteiger partial charge in [0.25, 0.3) is 0 Å². The fourth-order valence-electron chi connectivity index (χ4n) is 2.17. The number of aliphatic hydroxyl groups is 3. The first-order chi connectivity index (χ1) is 9.13. The van der Waals surface area contributed by atoms with Gasteiger partial charge in [-0.05, 0) is 0 Å². The van der Waals surface area contributed by atoms with Crippen molar-refractivity contribution in [1.82, 2.24) is 19.5 Å². The van der Waals surface area contributed by atoms with Crippen molar-refractivity contribution in [3.63, 3.8) is 0 Å². The van der Waals surface area contributed by atoms with Gasteiger partial charge in [0, 0.05) is 27.3 Å². The second kappa shape index (κ2) is 5.85. The minimum atomic E-state index is -1.19. The van der Waals surface area contributed by atoms with E-state index in [1.807, 2.05) is 0 Å². The number of hydrogen-bond donors (Lipinski definition) is 4. The summed E-state index contributed by atoms with van der Waals surface area (Å²) in [6.07, 6.45) is -1.42. The molecule has 1 aliphatic rings. The molecule has 4 radical (unpaired) electrons. The zero-order valence-electron chi connectivity index (χ0n) is 10.3. The molecule has 0 spiro atoms. The molecular formula is C10H13N5O4Pb. The Morgan fingerprint density at radius 1 is 1.25 bits per heavy atom. The van der Waals surface area contributed by atoms with E-state index in [0.29, 0.717) is 11.2 Å². The molecule has 10 heteroatoms. The molecular weight excluding hydrogens is 461 g/mol. The van der Waals surface area contributed by atoms with E-state index < -0.39 is 31.1 Å². The van der Waals surface area contributed by atoms with Crippen molar-refractivity contribution in [1.29, 1.82) is 0 Å². The van der Waals surface area contributed by atoms with Crippen LogP contribution >= 0.6 is 0 Å². The summed E-state index contributed by atoms with van der Waals surface area (Å²) < 4.78 is 6.85. The number of ether oxygens (including phenoxy) is 1. The Morgan fingerprint density at radius 3 is 2.65 bits per heavy atom. The summed E-state index contributed by atoms with van der Waals surface area (Å²) in [6.45, 7) is -0.390. The van der Waals surface area contributed by atoms with Gasteiger partial charge >= 0.3 is 0 Å². The number of aliphatic hydroxyl groups excluding tert-OH is 3. The molecule has 0 bridgehead atoms. The van der Waals surface area contributed by atoms with Gasteiger partial charge < -0.3 is 25.8 Å². The molecule has 1 aliphatic heterocycles. The first-order valence-electron chi connectivity index (χ1n) is 5.69. The van der Waals surface area contributed by atoms with Gasteiger partial charge in [-0.1, -0.05) is 0 Å². The average molecular weight is 474 g/mol. The average Bonchev–Trinajstić information content (AvgIpc) is 2.94. The predicted octanol–water partition coefficient (Wildman–Crippen LogP) is -2.36. The van der Waals surface area contributed by atoms with E-state index in [9.17, 15) is 10.2 Å². The van der Waals surface area contributed by atoms with Crippen LogP contribution in [-0.2, 0) is 4.74 Å². The van der Waals surface area contributed by atoms with Gasteiger partial charge in [0.2, 0.25) is 0 Å². The van der Waals surface area contributed by atoms with E-state index in [2.05, 4.69) is 15.0 Å². The van der Waals surface area contributed by atoms with Crippen molar-refractivity contribution in [2.45, 2.75) is 24.5 Å². The summed E-state index contributed by atoms with van der Waals surface area (Å²) in [5.74, 6) is 0.218. The number of anilines is 1. The van der Waals surface area contributed by atoms with Crippen LogP contribution in [0.2, 0.25) is 0 Å². The van der Waals surface area contributed by atoms with Gasteiger partial charge in [-0.15, -0.1) is 0 Å². The first-order valence-corrected chi connectivity index (χ1v) is 5.69. The summed E-state index contributed by atoms with van der Waals surface area (Å²) in [7, 11) is 0. The molecule has 9 nitrogen and oxygen atoms in total. The third kappa shape index (κ3) is 2.28. The molecule has 2 aromatic heterocycles. The van der Waals surface area contributed by atoms with Crippen LogP contribution in [0.4, 0.5) is 5.82 Å². The molecule has 106 valence electrons.